The number of ether oxygens (including phenoxy) is 1. The molecule has 6 atom stereocenters. The van der Waals surface area contributed by atoms with E-state index in [2.05, 4.69) is 52.7 Å². The quantitative estimate of drug-likeness (QED) is 0.254. The summed E-state index contributed by atoms with van der Waals surface area (Å²) in [5.41, 5.74) is 5.83. The number of carbonyl (C=O) groups excluding carboxylic acids is 2. The monoisotopic (exact) mass is 546 g/mol. The molecule has 2 saturated carbocycles. The molecule has 0 saturated heterocycles. The Bertz CT molecular complexity index is 1360. The molecule has 0 spiro atoms. The molecule has 1 aromatic carbocycles. The zero-order chi connectivity index (χ0) is 27.7. The van der Waals surface area contributed by atoms with Gasteiger partial charge in [0.05, 0.1) is 5.71 Å². The topological polar surface area (TPSA) is 79.2 Å². The van der Waals surface area contributed by atoms with Gasteiger partial charge >= 0.3 is 5.97 Å². The van der Waals surface area contributed by atoms with E-state index in [4.69, 9.17) is 4.74 Å². The van der Waals surface area contributed by atoms with Gasteiger partial charge in [0.1, 0.15) is 0 Å². The molecule has 1 heterocycles. The lowest BCUT2D eigenvalue weighted by Crippen LogP contribution is -2.57. The third-order valence-electron chi connectivity index (χ3n) is 10.4. The molecule has 1 unspecified atom stereocenters. The predicted octanol–water partition coefficient (Wildman–Crippen LogP) is 6.62. The Morgan fingerprint density at radius 1 is 1.13 bits per heavy atom. The van der Waals surface area contributed by atoms with Gasteiger partial charge in [-0.15, -0.1) is 11.8 Å². The van der Waals surface area contributed by atoms with Crippen molar-refractivity contribution in [3.63, 3.8) is 0 Å². The van der Waals surface area contributed by atoms with Crippen molar-refractivity contribution >= 4 is 34.9 Å². The minimum Gasteiger partial charge on any atom is -0.451 e. The van der Waals surface area contributed by atoms with Gasteiger partial charge in [-0.25, -0.2) is 0 Å². The first-order valence-electron chi connectivity index (χ1n) is 14.1. The number of thioether (sulfide) groups is 1. The first-order chi connectivity index (χ1) is 18.6. The Hall–Kier alpha value is -2.80. The minimum absolute atomic E-state index is 0.0321. The van der Waals surface area contributed by atoms with E-state index in [1.807, 2.05) is 25.9 Å². The molecule has 0 bridgehead atoms. The Morgan fingerprint density at radius 2 is 1.85 bits per heavy atom. The number of benzene rings is 1. The Morgan fingerprint density at radius 3 is 2.44 bits per heavy atom. The fourth-order valence-electron chi connectivity index (χ4n) is 8.61. The summed E-state index contributed by atoms with van der Waals surface area (Å²) < 4.78 is 6.09. The average Bonchev–Trinajstić information content (AvgIpc) is 3.71. The maximum atomic E-state index is 13.4. The molecule has 206 valence electrons. The van der Waals surface area contributed by atoms with Gasteiger partial charge in [-0.2, -0.15) is 0 Å². The van der Waals surface area contributed by atoms with Gasteiger partial charge in [0, 0.05) is 48.9 Å². The summed E-state index contributed by atoms with van der Waals surface area (Å²) in [6.45, 7) is 5.26. The number of oxime groups is 1. The Labute approximate surface area is 235 Å². The number of hydrogen-bond acceptors (Lipinski definition) is 7. The van der Waals surface area contributed by atoms with Crippen molar-refractivity contribution < 1.29 is 19.5 Å². The van der Waals surface area contributed by atoms with Gasteiger partial charge in [0.15, 0.2) is 11.4 Å². The molecular formula is C32H38N2O4S. The molecule has 1 aliphatic heterocycles. The molecular weight excluding hydrogens is 508 g/mol. The van der Waals surface area contributed by atoms with E-state index in [1.165, 1.54) is 34.1 Å². The van der Waals surface area contributed by atoms with Gasteiger partial charge in [-0.1, -0.05) is 29.8 Å². The van der Waals surface area contributed by atoms with Crippen LogP contribution >= 0.6 is 11.8 Å². The van der Waals surface area contributed by atoms with E-state index in [0.717, 1.165) is 43.5 Å². The van der Waals surface area contributed by atoms with E-state index >= 15 is 0 Å². The number of carbonyl (C=O) groups is 2. The molecule has 39 heavy (non-hydrogen) atoms. The molecule has 4 aliphatic carbocycles. The minimum atomic E-state index is -1.09. The maximum absolute atomic E-state index is 13.4. The lowest BCUT2D eigenvalue weighted by molar-refractivity contribution is -0.182. The second-order valence-corrected chi connectivity index (χ2v) is 13.4. The van der Waals surface area contributed by atoms with Crippen LogP contribution in [0.4, 0.5) is 5.69 Å². The molecule has 6 rings (SSSR count). The Balaban J connectivity index is 1.56. The number of esters is 1. The van der Waals surface area contributed by atoms with Crippen molar-refractivity contribution in [3.05, 3.63) is 62.9 Å². The highest BCUT2D eigenvalue weighted by molar-refractivity contribution is 8.12. The van der Waals surface area contributed by atoms with Crippen molar-refractivity contribution in [1.82, 2.24) is 0 Å². The molecule has 0 aromatic heterocycles. The second kappa shape index (κ2) is 9.39. The summed E-state index contributed by atoms with van der Waals surface area (Å²) in [5, 5.41) is 15.5. The van der Waals surface area contributed by atoms with Crippen molar-refractivity contribution in [1.29, 1.82) is 0 Å². The summed E-state index contributed by atoms with van der Waals surface area (Å²) in [6.07, 6.45) is 6.91. The van der Waals surface area contributed by atoms with Crippen LogP contribution in [0.2, 0.25) is 0 Å². The largest absolute Gasteiger partial charge is 0.451 e. The van der Waals surface area contributed by atoms with E-state index in [-0.39, 0.29) is 29.5 Å². The van der Waals surface area contributed by atoms with Crippen molar-refractivity contribution in [2.75, 3.05) is 19.0 Å². The lowest BCUT2D eigenvalue weighted by Gasteiger charge is -2.55. The number of Topliss-reactive ketones (excluding diaryl/α,β-unsaturated/α-hetero) is 1. The van der Waals surface area contributed by atoms with E-state index < -0.39 is 11.0 Å². The van der Waals surface area contributed by atoms with Gasteiger partial charge in [0.2, 0.25) is 0 Å². The van der Waals surface area contributed by atoms with Crippen LogP contribution in [0, 0.1) is 23.2 Å². The van der Waals surface area contributed by atoms with E-state index in [9.17, 15) is 14.8 Å². The highest BCUT2D eigenvalue weighted by Crippen LogP contribution is 2.69. The average molecular weight is 547 g/mol. The lowest BCUT2D eigenvalue weighted by atomic mass is 9.49. The van der Waals surface area contributed by atoms with Crippen LogP contribution in [0.25, 0.3) is 0 Å². The standard InChI is InChI=1S/C32H38N2O4S/c1-18(35)32(38-19(2)36)13-12-28-26-15-25(29-17-39-29)24-14-21(33-37)8-11-23(24)30(26)27(16-31(28,32)3)20-6-9-22(10-7-20)34(4)5/h6-7,9-10,14,17,25-28,37H,8,11-13,15-16H2,1-5H3/b33-21-/t25?,26-,27+,28-,31-,32-/m0/s1. The van der Waals surface area contributed by atoms with Crippen LogP contribution in [0.3, 0.4) is 0 Å². The predicted molar refractivity (Wildman–Crippen MR) is 155 cm³/mol. The van der Waals surface area contributed by atoms with Gasteiger partial charge in [-0.3, -0.25) is 9.59 Å². The smallest absolute Gasteiger partial charge is 0.303 e. The van der Waals surface area contributed by atoms with Crippen LogP contribution in [0.1, 0.15) is 70.8 Å². The Kier molecular flexibility index (Phi) is 6.37. The highest BCUT2D eigenvalue weighted by atomic mass is 32.2. The number of allylic oxidation sites excluding steroid dienone is 5. The van der Waals surface area contributed by atoms with Crippen LogP contribution in [0.15, 0.2) is 62.5 Å². The fraction of sp³-hybridized carbons (Fsp3) is 0.531. The van der Waals surface area contributed by atoms with Gasteiger partial charge < -0.3 is 14.8 Å². The number of nitrogens with zero attached hydrogens (tertiary/aromatic N) is 2. The molecule has 0 radical (unpaired) electrons. The number of anilines is 1. The number of hydrogen-bond donors (Lipinski definition) is 1. The third kappa shape index (κ3) is 4.02. The second-order valence-electron chi connectivity index (χ2n) is 12.4. The first-order valence-corrected chi connectivity index (χ1v) is 15.0. The van der Waals surface area contributed by atoms with Crippen molar-refractivity contribution in [3.8, 4) is 0 Å². The summed E-state index contributed by atoms with van der Waals surface area (Å²) in [7, 11) is 4.10. The maximum Gasteiger partial charge on any atom is 0.303 e. The number of ketones is 1. The van der Waals surface area contributed by atoms with Crippen molar-refractivity contribution in [2.45, 2.75) is 70.8 Å². The summed E-state index contributed by atoms with van der Waals surface area (Å²) in [6, 6.07) is 8.83. The van der Waals surface area contributed by atoms with Crippen LogP contribution in [-0.4, -0.2) is 42.4 Å². The van der Waals surface area contributed by atoms with Crippen molar-refractivity contribution in [2.24, 2.45) is 28.3 Å². The summed E-state index contributed by atoms with van der Waals surface area (Å²) in [4.78, 5) is 29.3. The van der Waals surface area contributed by atoms with Gasteiger partial charge in [0.25, 0.3) is 0 Å². The molecule has 2 fully saturated rings. The molecule has 6 nitrogen and oxygen atoms in total. The van der Waals surface area contributed by atoms with Gasteiger partial charge in [-0.05, 0) is 97.6 Å². The molecule has 1 N–H and O–H groups in total. The third-order valence-corrected chi connectivity index (χ3v) is 11.2. The summed E-state index contributed by atoms with van der Waals surface area (Å²) in [5.74, 6) is 0.546. The molecule has 5 aliphatic rings. The van der Waals surface area contributed by atoms with E-state index in [1.54, 1.807) is 6.92 Å². The summed E-state index contributed by atoms with van der Waals surface area (Å²) >= 11 is 1.82. The zero-order valence-electron chi connectivity index (χ0n) is 23.5. The number of rotatable bonds is 5. The molecule has 1 aromatic rings. The molecule has 0 amide bonds. The first kappa shape index (κ1) is 26.4. The zero-order valence-corrected chi connectivity index (χ0v) is 24.3. The van der Waals surface area contributed by atoms with Crippen LogP contribution < -0.4 is 4.90 Å². The van der Waals surface area contributed by atoms with E-state index in [0.29, 0.717) is 12.3 Å². The normalized spacial score (nSPS) is 35.9. The van der Waals surface area contributed by atoms with Crippen LogP contribution in [0.5, 0.6) is 0 Å². The van der Waals surface area contributed by atoms with Crippen LogP contribution in [-0.2, 0) is 14.3 Å². The number of fused-ring (bicyclic) bond motifs is 4. The molecule has 7 heteroatoms. The fourth-order valence-corrected chi connectivity index (χ4v) is 9.23. The highest BCUT2D eigenvalue weighted by Gasteiger charge is 2.67. The SMILES string of the molecule is CC(=O)O[C@]1(C(C)=O)CC[C@H]2[C@@H]3CC(C4=CS4)C4=C/C(=N\O)CCC4=C3[C@@H](c3ccc(N(C)C)cc3)C[C@@]21C.